The molecule has 3 aromatic heterocycles. The van der Waals surface area contributed by atoms with Gasteiger partial charge in [0, 0.05) is 60.4 Å². The number of benzene rings is 1. The van der Waals surface area contributed by atoms with Crippen molar-refractivity contribution in [2.24, 2.45) is 5.41 Å². The number of anilines is 1. The van der Waals surface area contributed by atoms with Gasteiger partial charge in [-0.2, -0.15) is 5.10 Å². The molecule has 12 nitrogen and oxygen atoms in total. The predicted octanol–water partition coefficient (Wildman–Crippen LogP) is 4.18. The fraction of sp³-hybridized carbons (Fsp3) is 0.382. The fourth-order valence-corrected chi connectivity index (χ4v) is 7.29. The molecule has 5 heterocycles. The van der Waals surface area contributed by atoms with E-state index in [1.165, 1.54) is 6.92 Å². The number of hydrogen-bond acceptors (Lipinski definition) is 9. The molecule has 13 heteroatoms. The molecule has 3 aliphatic rings. The highest BCUT2D eigenvalue weighted by Gasteiger charge is 2.67. The van der Waals surface area contributed by atoms with Crippen LogP contribution in [0.4, 0.5) is 5.82 Å². The van der Waals surface area contributed by atoms with Crippen molar-refractivity contribution in [2.75, 3.05) is 32.1 Å². The van der Waals surface area contributed by atoms with Gasteiger partial charge in [0.2, 0.25) is 11.8 Å². The Morgan fingerprint density at radius 3 is 2.70 bits per heavy atom. The Bertz CT molecular complexity index is 1930. The van der Waals surface area contributed by atoms with Crippen molar-refractivity contribution in [3.63, 3.8) is 0 Å². The third kappa shape index (κ3) is 6.10. The second-order valence-corrected chi connectivity index (χ2v) is 13.5. The first-order valence-electron chi connectivity index (χ1n) is 15.6. The molecule has 1 saturated heterocycles. The topological polar surface area (TPSA) is 135 Å². The lowest BCUT2D eigenvalue weighted by atomic mass is 9.98. The average molecular weight is 700 g/mol. The number of carbonyl (C=O) groups is 3. The van der Waals surface area contributed by atoms with E-state index >= 15 is 0 Å². The monoisotopic (exact) mass is 698 g/mol. The molecule has 1 spiro atoms. The summed E-state index contributed by atoms with van der Waals surface area (Å²) in [6.07, 6.45) is 8.93. The van der Waals surface area contributed by atoms with E-state index in [2.05, 4.69) is 59.3 Å². The fourth-order valence-electron chi connectivity index (χ4n) is 6.98. The number of Topliss-reactive ketones (excluding diaryl/α,β-unsaturated/α-hetero) is 1. The molecule has 2 aliphatic heterocycles. The van der Waals surface area contributed by atoms with Crippen molar-refractivity contribution in [3.05, 3.63) is 76.6 Å². The van der Waals surface area contributed by atoms with Crippen LogP contribution in [0, 0.1) is 12.3 Å². The number of likely N-dealkylation sites (N-methyl/N-ethyl adjacent to an activating group) is 1. The Labute approximate surface area is 280 Å². The van der Waals surface area contributed by atoms with Crippen molar-refractivity contribution < 1.29 is 19.1 Å². The minimum Gasteiger partial charge on any atom is -0.373 e. The maximum absolute atomic E-state index is 14.3. The van der Waals surface area contributed by atoms with Crippen LogP contribution in [-0.2, 0) is 27.5 Å². The molecule has 0 radical (unpaired) electrons. The summed E-state index contributed by atoms with van der Waals surface area (Å²) in [5.74, 6) is 0.358. The Kier molecular flexibility index (Phi) is 8.23. The van der Waals surface area contributed by atoms with Gasteiger partial charge in [0.15, 0.2) is 5.78 Å². The molecule has 2 fully saturated rings. The number of pyridine rings is 1. The molecule has 2 amide bonds. The molecule has 1 saturated carbocycles. The summed E-state index contributed by atoms with van der Waals surface area (Å²) < 4.78 is 8.00. The van der Waals surface area contributed by atoms with Crippen LogP contribution < -0.4 is 5.32 Å². The summed E-state index contributed by atoms with van der Waals surface area (Å²) >= 11 is 3.41. The molecule has 7 rings (SSSR count). The molecule has 1 aromatic carbocycles. The number of rotatable bonds is 4. The van der Waals surface area contributed by atoms with Crippen molar-refractivity contribution >= 4 is 50.2 Å². The Hall–Kier alpha value is -4.33. The third-order valence-electron chi connectivity index (χ3n) is 9.32. The van der Waals surface area contributed by atoms with E-state index in [0.29, 0.717) is 40.2 Å². The number of ether oxygens (including phenoxy) is 1. The summed E-state index contributed by atoms with van der Waals surface area (Å²) in [5, 5.41) is 8.26. The second-order valence-electron chi connectivity index (χ2n) is 12.7. The van der Waals surface area contributed by atoms with E-state index < -0.39 is 6.04 Å². The van der Waals surface area contributed by atoms with E-state index in [-0.39, 0.29) is 47.9 Å². The van der Waals surface area contributed by atoms with Crippen LogP contribution in [0.2, 0.25) is 0 Å². The zero-order chi connectivity index (χ0) is 32.9. The molecule has 1 aliphatic carbocycles. The number of ketones is 1. The van der Waals surface area contributed by atoms with Crippen LogP contribution in [0.3, 0.4) is 0 Å². The number of amides is 2. The SMILES string of the molecule is CC(=O)c1nn(CC(=O)N2[C@H]3C[C@]4(C[C@@H]24)CN(C)CC=CCOCc2ccc(Br)nc2NC3=O)c2ccc(-c3cnc(C)nc3)cc12. The van der Waals surface area contributed by atoms with E-state index in [4.69, 9.17) is 4.74 Å². The van der Waals surface area contributed by atoms with E-state index in [9.17, 15) is 14.4 Å². The number of piperidine rings is 1. The lowest BCUT2D eigenvalue weighted by Gasteiger charge is -2.27. The van der Waals surface area contributed by atoms with Crippen molar-refractivity contribution in [1.82, 2.24) is 34.5 Å². The third-order valence-corrected chi connectivity index (χ3v) is 9.76. The summed E-state index contributed by atoms with van der Waals surface area (Å²) in [7, 11) is 2.06. The van der Waals surface area contributed by atoms with Gasteiger partial charge in [-0.05, 0) is 66.5 Å². The Balaban J connectivity index is 1.21. The molecule has 1 N–H and O–H groups in total. The molecule has 4 aromatic rings. The lowest BCUT2D eigenvalue weighted by molar-refractivity contribution is -0.138. The number of nitrogens with zero attached hydrogens (tertiary/aromatic N) is 7. The molecule has 47 heavy (non-hydrogen) atoms. The number of hydrogen-bond donors (Lipinski definition) is 1. The van der Waals surface area contributed by atoms with E-state index in [0.717, 1.165) is 36.2 Å². The first-order chi connectivity index (χ1) is 22.6. The molecule has 3 atom stereocenters. The summed E-state index contributed by atoms with van der Waals surface area (Å²) in [6.45, 7) is 5.39. The van der Waals surface area contributed by atoms with Gasteiger partial charge in [0.05, 0.1) is 18.7 Å². The normalized spacial score (nSPS) is 23.1. The summed E-state index contributed by atoms with van der Waals surface area (Å²) in [4.78, 5) is 58.0. The van der Waals surface area contributed by atoms with E-state index in [1.54, 1.807) is 22.0 Å². The van der Waals surface area contributed by atoms with Crippen LogP contribution in [0.15, 0.2) is 59.5 Å². The number of aromatic nitrogens is 5. The van der Waals surface area contributed by atoms with Crippen LogP contribution in [0.5, 0.6) is 0 Å². The first-order valence-corrected chi connectivity index (χ1v) is 16.4. The molecule has 242 valence electrons. The molecule has 2 bridgehead atoms. The molecular formula is C34H35BrN8O4. The van der Waals surface area contributed by atoms with Gasteiger partial charge >= 0.3 is 0 Å². The minimum atomic E-state index is -0.688. The summed E-state index contributed by atoms with van der Waals surface area (Å²) in [5.41, 5.74) is 3.15. The molecule has 0 unspecified atom stereocenters. The number of likely N-dealkylation sites (tertiary alicyclic amines) is 1. The first kappa shape index (κ1) is 31.3. The number of nitrogens with one attached hydrogen (secondary N) is 1. The van der Waals surface area contributed by atoms with Gasteiger partial charge in [-0.1, -0.05) is 24.3 Å². The van der Waals surface area contributed by atoms with Gasteiger partial charge in [-0.15, -0.1) is 0 Å². The quantitative estimate of drug-likeness (QED) is 0.189. The largest absolute Gasteiger partial charge is 0.373 e. The maximum atomic E-state index is 14.3. The van der Waals surface area contributed by atoms with Gasteiger partial charge in [-0.25, -0.2) is 15.0 Å². The number of carbonyl (C=O) groups excluding carboxylic acids is 3. The van der Waals surface area contributed by atoms with Crippen molar-refractivity contribution in [3.8, 4) is 11.1 Å². The zero-order valence-corrected chi connectivity index (χ0v) is 28.0. The highest BCUT2D eigenvalue weighted by Crippen LogP contribution is 2.60. The molecular weight excluding hydrogens is 664 g/mol. The van der Waals surface area contributed by atoms with Crippen LogP contribution >= 0.6 is 15.9 Å². The van der Waals surface area contributed by atoms with Crippen LogP contribution in [0.25, 0.3) is 22.0 Å². The lowest BCUT2D eigenvalue weighted by Crippen LogP contribution is -2.47. The van der Waals surface area contributed by atoms with E-state index in [1.807, 2.05) is 43.3 Å². The Morgan fingerprint density at radius 2 is 1.91 bits per heavy atom. The van der Waals surface area contributed by atoms with Gasteiger partial charge < -0.3 is 19.9 Å². The Morgan fingerprint density at radius 1 is 1.11 bits per heavy atom. The van der Waals surface area contributed by atoms with Gasteiger partial charge in [0.1, 0.15) is 34.5 Å². The smallest absolute Gasteiger partial charge is 0.248 e. The standard InChI is InChI=1S/C34H35BrN8O4/c1-20(44)31-25-12-22(24-15-36-21(2)37-16-24)6-8-26(25)42(40-31)17-30(45)43-27-13-34(14-28(34)43)19-41(3)10-4-5-11-47-18-23-7-9-29(35)38-32(23)39-33(27)46/h4-9,12,15-16,27-28H,10-11,13-14,17-19H2,1-3H3,(H,38,39,46)/t27-,28+,34-/m0/s1. The van der Waals surface area contributed by atoms with Gasteiger partial charge in [0.25, 0.3) is 0 Å². The van der Waals surface area contributed by atoms with Crippen molar-refractivity contribution in [2.45, 2.75) is 51.9 Å². The van der Waals surface area contributed by atoms with Crippen LogP contribution in [0.1, 0.15) is 41.6 Å². The average Bonchev–Trinajstić information content (AvgIpc) is 3.44. The second kappa shape index (κ2) is 12.4. The zero-order valence-electron chi connectivity index (χ0n) is 26.4. The minimum absolute atomic E-state index is 0.0781. The maximum Gasteiger partial charge on any atom is 0.248 e. The number of fused-ring (bicyclic) bond motifs is 3. The summed E-state index contributed by atoms with van der Waals surface area (Å²) in [6, 6.07) is 8.57. The van der Waals surface area contributed by atoms with Crippen LogP contribution in [-0.4, -0.2) is 91.0 Å². The van der Waals surface area contributed by atoms with Crippen molar-refractivity contribution in [1.29, 1.82) is 0 Å². The highest BCUT2D eigenvalue weighted by molar-refractivity contribution is 9.10. The highest BCUT2D eigenvalue weighted by atomic mass is 79.9. The van der Waals surface area contributed by atoms with Gasteiger partial charge in [-0.3, -0.25) is 19.1 Å². The number of aryl methyl sites for hydroxylation is 1. The predicted molar refractivity (Wildman–Crippen MR) is 178 cm³/mol. The number of halogens is 1.